The molecule has 0 heteroatoms. The molecule has 118 valence electrons. The average molecular weight is 287 g/mol. The molecule has 0 saturated carbocycles. The van der Waals surface area contributed by atoms with E-state index in [0.29, 0.717) is 0 Å². The molecule has 0 bridgehead atoms. The Kier molecular flexibility index (Phi) is 7.33. The van der Waals surface area contributed by atoms with Crippen molar-refractivity contribution in [1.82, 2.24) is 0 Å². The summed E-state index contributed by atoms with van der Waals surface area (Å²) in [6.07, 6.45) is 15.8. The van der Waals surface area contributed by atoms with E-state index in [0.717, 1.165) is 11.8 Å². The molecule has 0 radical (unpaired) electrons. The zero-order valence-electron chi connectivity index (χ0n) is 14.2. The van der Waals surface area contributed by atoms with Crippen LogP contribution < -0.4 is 0 Å². The van der Waals surface area contributed by atoms with Crippen molar-refractivity contribution in [3.63, 3.8) is 0 Å². The molecule has 0 N–H and O–H groups in total. The fraction of sp³-hybridized carbons (Fsp3) is 0.714. The van der Waals surface area contributed by atoms with Gasteiger partial charge in [0.1, 0.15) is 0 Å². The van der Waals surface area contributed by atoms with Gasteiger partial charge in [0.05, 0.1) is 0 Å². The van der Waals surface area contributed by atoms with Gasteiger partial charge in [0.15, 0.2) is 0 Å². The lowest BCUT2D eigenvalue weighted by atomic mass is 9.94. The van der Waals surface area contributed by atoms with Gasteiger partial charge in [0.25, 0.3) is 0 Å². The van der Waals surface area contributed by atoms with Crippen LogP contribution in [0.3, 0.4) is 0 Å². The van der Waals surface area contributed by atoms with Crippen LogP contribution in [-0.2, 0) is 0 Å². The molecule has 2 rings (SSSR count). The van der Waals surface area contributed by atoms with Crippen molar-refractivity contribution in [2.75, 3.05) is 0 Å². The number of unbranched alkanes of at least 4 members (excludes halogenated alkanes) is 8. The van der Waals surface area contributed by atoms with Crippen molar-refractivity contribution < 1.29 is 0 Å². The Morgan fingerprint density at radius 3 is 2.05 bits per heavy atom. The lowest BCUT2D eigenvalue weighted by Gasteiger charge is -2.11. The summed E-state index contributed by atoms with van der Waals surface area (Å²) in [7, 11) is 0. The van der Waals surface area contributed by atoms with Gasteiger partial charge in [-0.05, 0) is 35.8 Å². The highest BCUT2D eigenvalue weighted by Crippen LogP contribution is 2.43. The maximum atomic E-state index is 2.40. The van der Waals surface area contributed by atoms with E-state index in [2.05, 4.69) is 38.1 Å². The first kappa shape index (κ1) is 16.6. The third-order valence-electron chi connectivity index (χ3n) is 5.26. The number of benzene rings is 1. The number of hydrogen-bond donors (Lipinski definition) is 0. The van der Waals surface area contributed by atoms with Gasteiger partial charge < -0.3 is 0 Å². The van der Waals surface area contributed by atoms with Crippen LogP contribution in [0.15, 0.2) is 24.3 Å². The van der Waals surface area contributed by atoms with Crippen molar-refractivity contribution in [3.8, 4) is 0 Å². The Balaban J connectivity index is 1.56. The lowest BCUT2D eigenvalue weighted by molar-refractivity contribution is 0.512. The SMILES string of the molecule is CCCCCCCCCCC[C@H]1C[C@@H](C)c2ccccc21. The summed E-state index contributed by atoms with van der Waals surface area (Å²) < 4.78 is 0. The molecule has 1 aromatic carbocycles. The molecule has 21 heavy (non-hydrogen) atoms. The largest absolute Gasteiger partial charge is 0.0654 e. The highest BCUT2D eigenvalue weighted by molar-refractivity contribution is 5.37. The molecule has 0 heterocycles. The molecule has 0 unspecified atom stereocenters. The van der Waals surface area contributed by atoms with Gasteiger partial charge in [-0.2, -0.15) is 0 Å². The maximum Gasteiger partial charge on any atom is -0.0153 e. The van der Waals surface area contributed by atoms with Crippen molar-refractivity contribution in [2.24, 2.45) is 0 Å². The third-order valence-corrected chi connectivity index (χ3v) is 5.26. The molecule has 1 aromatic rings. The minimum absolute atomic E-state index is 0.782. The van der Waals surface area contributed by atoms with Crippen LogP contribution >= 0.6 is 0 Å². The molecule has 0 fully saturated rings. The van der Waals surface area contributed by atoms with E-state index in [1.165, 1.54) is 70.6 Å². The van der Waals surface area contributed by atoms with E-state index in [9.17, 15) is 0 Å². The summed E-state index contributed by atoms with van der Waals surface area (Å²) in [5.41, 5.74) is 3.28. The second-order valence-corrected chi connectivity index (χ2v) is 7.08. The first-order chi connectivity index (χ1) is 10.3. The first-order valence-corrected chi connectivity index (χ1v) is 9.41. The molecule has 2 atom stereocenters. The van der Waals surface area contributed by atoms with Crippen LogP contribution in [0.1, 0.15) is 107 Å². The summed E-state index contributed by atoms with van der Waals surface area (Å²) in [4.78, 5) is 0. The van der Waals surface area contributed by atoms with Gasteiger partial charge in [-0.1, -0.05) is 95.9 Å². The summed E-state index contributed by atoms with van der Waals surface area (Å²) in [5, 5.41) is 0. The van der Waals surface area contributed by atoms with Gasteiger partial charge in [-0.3, -0.25) is 0 Å². The van der Waals surface area contributed by atoms with Crippen molar-refractivity contribution >= 4 is 0 Å². The van der Waals surface area contributed by atoms with E-state index in [-0.39, 0.29) is 0 Å². The first-order valence-electron chi connectivity index (χ1n) is 9.41. The predicted octanol–water partition coefficient (Wildman–Crippen LogP) is 7.20. The van der Waals surface area contributed by atoms with Gasteiger partial charge in [-0.15, -0.1) is 0 Å². The zero-order chi connectivity index (χ0) is 14.9. The topological polar surface area (TPSA) is 0 Å². The van der Waals surface area contributed by atoms with Crippen molar-refractivity contribution in [2.45, 2.75) is 96.3 Å². The van der Waals surface area contributed by atoms with E-state index < -0.39 is 0 Å². The number of hydrogen-bond acceptors (Lipinski definition) is 0. The molecule has 0 nitrogen and oxygen atoms in total. The van der Waals surface area contributed by atoms with Gasteiger partial charge in [0.2, 0.25) is 0 Å². The molecule has 0 aromatic heterocycles. The highest BCUT2D eigenvalue weighted by Gasteiger charge is 2.26. The minimum atomic E-state index is 0.782. The number of fused-ring (bicyclic) bond motifs is 1. The summed E-state index contributed by atoms with van der Waals surface area (Å²) in [6, 6.07) is 9.14. The second-order valence-electron chi connectivity index (χ2n) is 7.08. The Hall–Kier alpha value is -0.780. The molecule has 0 amide bonds. The Morgan fingerprint density at radius 2 is 1.38 bits per heavy atom. The van der Waals surface area contributed by atoms with Crippen LogP contribution in [0.25, 0.3) is 0 Å². The Labute approximate surface area is 132 Å². The fourth-order valence-corrected chi connectivity index (χ4v) is 3.99. The number of rotatable bonds is 10. The van der Waals surface area contributed by atoms with Crippen molar-refractivity contribution in [3.05, 3.63) is 35.4 Å². The van der Waals surface area contributed by atoms with Crippen LogP contribution in [-0.4, -0.2) is 0 Å². The Morgan fingerprint density at radius 1 is 0.810 bits per heavy atom. The highest BCUT2D eigenvalue weighted by atomic mass is 14.3. The molecule has 0 spiro atoms. The summed E-state index contributed by atoms with van der Waals surface area (Å²) in [5.74, 6) is 1.63. The van der Waals surface area contributed by atoms with Gasteiger partial charge in [0, 0.05) is 0 Å². The minimum Gasteiger partial charge on any atom is -0.0654 e. The molecule has 1 aliphatic carbocycles. The summed E-state index contributed by atoms with van der Waals surface area (Å²) in [6.45, 7) is 4.69. The van der Waals surface area contributed by atoms with E-state index in [4.69, 9.17) is 0 Å². The Bertz CT molecular complexity index is 393. The zero-order valence-corrected chi connectivity index (χ0v) is 14.2. The quantitative estimate of drug-likeness (QED) is 0.399. The summed E-state index contributed by atoms with van der Waals surface area (Å²) >= 11 is 0. The second kappa shape index (κ2) is 9.28. The van der Waals surface area contributed by atoms with E-state index in [1.54, 1.807) is 11.1 Å². The maximum absolute atomic E-state index is 2.40. The van der Waals surface area contributed by atoms with Crippen LogP contribution in [0.2, 0.25) is 0 Å². The van der Waals surface area contributed by atoms with Crippen LogP contribution in [0, 0.1) is 0 Å². The predicted molar refractivity (Wildman–Crippen MR) is 94.1 cm³/mol. The normalized spacial score (nSPS) is 20.7. The lowest BCUT2D eigenvalue weighted by Crippen LogP contribution is -1.93. The third kappa shape index (κ3) is 5.16. The van der Waals surface area contributed by atoms with E-state index in [1.807, 2.05) is 0 Å². The van der Waals surface area contributed by atoms with E-state index >= 15 is 0 Å². The smallest absolute Gasteiger partial charge is 0.0153 e. The van der Waals surface area contributed by atoms with Gasteiger partial charge >= 0.3 is 0 Å². The molecular weight excluding hydrogens is 252 g/mol. The van der Waals surface area contributed by atoms with Crippen LogP contribution in [0.4, 0.5) is 0 Å². The molecular formula is C21H34. The van der Waals surface area contributed by atoms with Crippen LogP contribution in [0.5, 0.6) is 0 Å². The monoisotopic (exact) mass is 286 g/mol. The molecule has 0 saturated heterocycles. The average Bonchev–Trinajstić information content (AvgIpc) is 2.83. The van der Waals surface area contributed by atoms with Crippen molar-refractivity contribution in [1.29, 1.82) is 0 Å². The fourth-order valence-electron chi connectivity index (χ4n) is 3.99. The van der Waals surface area contributed by atoms with Gasteiger partial charge in [-0.25, -0.2) is 0 Å². The molecule has 1 aliphatic rings. The standard InChI is InChI=1S/C21H34/c1-3-4-5-6-7-8-9-10-11-14-19-17-18(2)20-15-12-13-16-21(19)20/h12-13,15-16,18-19H,3-11,14,17H2,1-2H3/t18-,19+/m1/s1. The molecule has 0 aliphatic heterocycles.